The van der Waals surface area contributed by atoms with E-state index in [1.807, 2.05) is 6.07 Å². The van der Waals surface area contributed by atoms with Gasteiger partial charge in [-0.1, -0.05) is 46.5 Å². The average molecular weight is 264 g/mol. The number of hydrogen-bond acceptors (Lipinski definition) is 2. The van der Waals surface area contributed by atoms with Crippen molar-refractivity contribution in [2.75, 3.05) is 14.2 Å². The molecule has 0 spiro atoms. The van der Waals surface area contributed by atoms with Gasteiger partial charge < -0.3 is 9.47 Å². The summed E-state index contributed by atoms with van der Waals surface area (Å²) in [6.45, 7) is 6.89. The van der Waals surface area contributed by atoms with E-state index in [0.29, 0.717) is 11.8 Å². The Hall–Kier alpha value is -1.18. The highest BCUT2D eigenvalue weighted by Crippen LogP contribution is 2.33. The van der Waals surface area contributed by atoms with E-state index in [-0.39, 0.29) is 0 Å². The van der Waals surface area contributed by atoms with Crippen LogP contribution in [0.2, 0.25) is 0 Å². The zero-order chi connectivity index (χ0) is 14.3. The third-order valence-electron chi connectivity index (χ3n) is 4.02. The third-order valence-corrected chi connectivity index (χ3v) is 4.02. The maximum absolute atomic E-state index is 5.35. The maximum atomic E-state index is 5.35. The molecule has 2 heteroatoms. The summed E-state index contributed by atoms with van der Waals surface area (Å²) in [5, 5.41) is 0. The Morgan fingerprint density at radius 1 is 0.947 bits per heavy atom. The van der Waals surface area contributed by atoms with Crippen molar-refractivity contribution in [1.29, 1.82) is 0 Å². The molecule has 0 bridgehead atoms. The van der Waals surface area contributed by atoms with E-state index in [4.69, 9.17) is 9.47 Å². The molecule has 2 unspecified atom stereocenters. The molecule has 0 heterocycles. The monoisotopic (exact) mass is 264 g/mol. The van der Waals surface area contributed by atoms with Gasteiger partial charge in [-0.25, -0.2) is 0 Å². The average Bonchev–Trinajstić information content (AvgIpc) is 2.45. The second kappa shape index (κ2) is 8.08. The van der Waals surface area contributed by atoms with Crippen LogP contribution in [0.3, 0.4) is 0 Å². The van der Waals surface area contributed by atoms with Crippen LogP contribution in [0.5, 0.6) is 11.5 Å². The predicted molar refractivity (Wildman–Crippen MR) is 81.3 cm³/mol. The van der Waals surface area contributed by atoms with E-state index >= 15 is 0 Å². The smallest absolute Gasteiger partial charge is 0.122 e. The number of benzene rings is 1. The molecule has 108 valence electrons. The normalized spacial score (nSPS) is 13.9. The van der Waals surface area contributed by atoms with Crippen molar-refractivity contribution < 1.29 is 9.47 Å². The predicted octanol–water partition coefficient (Wildman–Crippen LogP) is 5.02. The Labute approximate surface area is 118 Å². The standard InChI is InChI=1S/C17H28O2/c1-6-7-8-9-13(2)14(3)15-10-16(18-4)12-17(11-15)19-5/h10-14H,6-9H2,1-5H3. The second-order valence-corrected chi connectivity index (χ2v) is 5.41. The minimum atomic E-state index is 0.529. The second-order valence-electron chi connectivity index (χ2n) is 5.41. The topological polar surface area (TPSA) is 18.5 Å². The molecule has 1 aromatic rings. The van der Waals surface area contributed by atoms with Gasteiger partial charge in [-0.3, -0.25) is 0 Å². The molecule has 19 heavy (non-hydrogen) atoms. The summed E-state index contributed by atoms with van der Waals surface area (Å²) in [5.74, 6) is 2.97. The first kappa shape index (κ1) is 15.9. The van der Waals surface area contributed by atoms with Crippen LogP contribution >= 0.6 is 0 Å². The van der Waals surface area contributed by atoms with E-state index < -0.39 is 0 Å². The molecule has 0 aliphatic carbocycles. The highest BCUT2D eigenvalue weighted by Gasteiger charge is 2.16. The number of ether oxygens (including phenoxy) is 2. The molecule has 0 saturated carbocycles. The van der Waals surface area contributed by atoms with Crippen molar-refractivity contribution in [2.45, 2.75) is 52.4 Å². The Bertz CT molecular complexity index is 351. The molecule has 0 aromatic heterocycles. The zero-order valence-corrected chi connectivity index (χ0v) is 13.0. The zero-order valence-electron chi connectivity index (χ0n) is 13.0. The van der Waals surface area contributed by atoms with Gasteiger partial charge in [-0.15, -0.1) is 0 Å². The molecule has 2 nitrogen and oxygen atoms in total. The highest BCUT2D eigenvalue weighted by atomic mass is 16.5. The molecule has 0 aliphatic rings. The van der Waals surface area contributed by atoms with Crippen LogP contribution in [0.1, 0.15) is 57.9 Å². The van der Waals surface area contributed by atoms with Crippen molar-refractivity contribution in [3.8, 4) is 11.5 Å². The first-order valence-electron chi connectivity index (χ1n) is 7.35. The van der Waals surface area contributed by atoms with Crippen molar-refractivity contribution in [2.24, 2.45) is 5.92 Å². The van der Waals surface area contributed by atoms with Crippen LogP contribution in [-0.2, 0) is 0 Å². The van der Waals surface area contributed by atoms with Crippen LogP contribution in [0.4, 0.5) is 0 Å². The fourth-order valence-electron chi connectivity index (χ4n) is 2.39. The summed E-state index contributed by atoms with van der Waals surface area (Å²) in [4.78, 5) is 0. The largest absolute Gasteiger partial charge is 0.497 e. The summed E-state index contributed by atoms with van der Waals surface area (Å²) in [5.41, 5.74) is 1.31. The van der Waals surface area contributed by atoms with Crippen molar-refractivity contribution >= 4 is 0 Å². The van der Waals surface area contributed by atoms with E-state index in [9.17, 15) is 0 Å². The lowest BCUT2D eigenvalue weighted by molar-refractivity contribution is 0.388. The molecule has 0 amide bonds. The molecule has 0 aliphatic heterocycles. The first-order chi connectivity index (χ1) is 9.12. The molecule has 0 radical (unpaired) electrons. The van der Waals surface area contributed by atoms with Gasteiger partial charge in [0.15, 0.2) is 0 Å². The number of hydrogen-bond donors (Lipinski definition) is 0. The Morgan fingerprint density at radius 2 is 1.53 bits per heavy atom. The summed E-state index contributed by atoms with van der Waals surface area (Å²) in [6.07, 6.45) is 5.23. The Balaban J connectivity index is 2.76. The fourth-order valence-corrected chi connectivity index (χ4v) is 2.39. The molecule has 0 saturated heterocycles. The lowest BCUT2D eigenvalue weighted by Crippen LogP contribution is -2.07. The summed E-state index contributed by atoms with van der Waals surface area (Å²) >= 11 is 0. The van der Waals surface area contributed by atoms with Crippen LogP contribution in [-0.4, -0.2) is 14.2 Å². The number of methoxy groups -OCH3 is 2. The van der Waals surface area contributed by atoms with E-state index in [2.05, 4.69) is 32.9 Å². The van der Waals surface area contributed by atoms with E-state index in [0.717, 1.165) is 11.5 Å². The minimum absolute atomic E-state index is 0.529. The van der Waals surface area contributed by atoms with Crippen molar-refractivity contribution in [3.05, 3.63) is 23.8 Å². The Morgan fingerprint density at radius 3 is 2.00 bits per heavy atom. The number of unbranched alkanes of at least 4 members (excludes halogenated alkanes) is 2. The van der Waals surface area contributed by atoms with Crippen molar-refractivity contribution in [3.63, 3.8) is 0 Å². The van der Waals surface area contributed by atoms with E-state index in [1.165, 1.54) is 31.2 Å². The lowest BCUT2D eigenvalue weighted by Gasteiger charge is -2.21. The van der Waals surface area contributed by atoms with Crippen LogP contribution < -0.4 is 9.47 Å². The molecule has 1 aromatic carbocycles. The first-order valence-corrected chi connectivity index (χ1v) is 7.35. The van der Waals surface area contributed by atoms with Gasteiger partial charge >= 0.3 is 0 Å². The number of rotatable bonds is 8. The van der Waals surface area contributed by atoms with Crippen LogP contribution in [0.15, 0.2) is 18.2 Å². The minimum Gasteiger partial charge on any atom is -0.497 e. The summed E-state index contributed by atoms with van der Waals surface area (Å²) in [7, 11) is 3.40. The molecule has 0 fully saturated rings. The molecular weight excluding hydrogens is 236 g/mol. The highest BCUT2D eigenvalue weighted by molar-refractivity contribution is 5.40. The lowest BCUT2D eigenvalue weighted by atomic mass is 9.85. The Kier molecular flexibility index (Phi) is 6.75. The summed E-state index contributed by atoms with van der Waals surface area (Å²) in [6, 6.07) is 6.19. The van der Waals surface area contributed by atoms with Gasteiger partial charge in [-0.2, -0.15) is 0 Å². The van der Waals surface area contributed by atoms with Crippen LogP contribution in [0.25, 0.3) is 0 Å². The molecular formula is C17H28O2. The van der Waals surface area contributed by atoms with Gasteiger partial charge in [0, 0.05) is 6.07 Å². The molecule has 0 N–H and O–H groups in total. The van der Waals surface area contributed by atoms with Crippen molar-refractivity contribution in [1.82, 2.24) is 0 Å². The van der Waals surface area contributed by atoms with Gasteiger partial charge in [0.2, 0.25) is 0 Å². The SMILES string of the molecule is CCCCCC(C)C(C)c1cc(OC)cc(OC)c1. The van der Waals surface area contributed by atoms with Crippen LogP contribution in [0, 0.1) is 5.92 Å². The van der Waals surface area contributed by atoms with E-state index in [1.54, 1.807) is 14.2 Å². The maximum Gasteiger partial charge on any atom is 0.122 e. The van der Waals surface area contributed by atoms with Gasteiger partial charge in [0.1, 0.15) is 11.5 Å². The van der Waals surface area contributed by atoms with Gasteiger partial charge in [0.25, 0.3) is 0 Å². The molecule has 1 rings (SSSR count). The van der Waals surface area contributed by atoms with Gasteiger partial charge in [0.05, 0.1) is 14.2 Å². The quantitative estimate of drug-likeness (QED) is 0.613. The van der Waals surface area contributed by atoms with Gasteiger partial charge in [-0.05, 0) is 29.5 Å². The third kappa shape index (κ3) is 4.77. The summed E-state index contributed by atoms with van der Waals surface area (Å²) < 4.78 is 10.7. The fraction of sp³-hybridized carbons (Fsp3) is 0.647. The molecule has 2 atom stereocenters.